The number of sulfonamides is 1. The van der Waals surface area contributed by atoms with E-state index in [-0.39, 0.29) is 12.5 Å². The molecule has 3 rings (SSSR count). The summed E-state index contributed by atoms with van der Waals surface area (Å²) in [4.78, 5) is 6.63. The molecule has 2 unspecified atom stereocenters. The molecule has 2 heterocycles. The molecule has 1 fully saturated rings. The van der Waals surface area contributed by atoms with E-state index in [1.807, 2.05) is 12.3 Å². The second kappa shape index (κ2) is 8.33. The number of nitrogens with zero attached hydrogens (tertiary/aromatic N) is 2. The predicted molar refractivity (Wildman–Crippen MR) is 105 cm³/mol. The highest BCUT2D eigenvalue weighted by Crippen LogP contribution is 2.32. The molecular weight excluding hydrogens is 350 g/mol. The van der Waals surface area contributed by atoms with E-state index >= 15 is 0 Å². The minimum atomic E-state index is -3.55. The summed E-state index contributed by atoms with van der Waals surface area (Å²) in [5.74, 6) is -0.0956. The van der Waals surface area contributed by atoms with E-state index in [4.69, 9.17) is 0 Å². The van der Waals surface area contributed by atoms with Crippen LogP contribution < -0.4 is 4.72 Å². The number of β-amino-alcohol motifs (C(OH)–C–C–N with tert-alkyl or cyclic N) is 1. The molecule has 7 heteroatoms. The molecule has 0 radical (unpaired) electrons. The summed E-state index contributed by atoms with van der Waals surface area (Å²) in [5.41, 5.74) is 0.839. The monoisotopic (exact) mass is 381 g/mol. The van der Waals surface area contributed by atoms with E-state index in [0.29, 0.717) is 18.6 Å². The van der Waals surface area contributed by atoms with Crippen LogP contribution in [0, 0.1) is 5.92 Å². The zero-order valence-corrected chi connectivity index (χ0v) is 16.5. The average Bonchev–Trinajstić information content (AvgIpc) is 2.63. The number of piperidine rings is 1. The van der Waals surface area contributed by atoms with E-state index < -0.39 is 21.4 Å². The molecule has 2 aliphatic heterocycles. The molecule has 6 nitrogen and oxygen atoms in total. The minimum Gasteiger partial charge on any atom is -0.390 e. The smallest absolute Gasteiger partial charge is 0.218 e. The van der Waals surface area contributed by atoms with Crippen LogP contribution in [-0.2, 0) is 10.0 Å². The lowest BCUT2D eigenvalue weighted by Crippen LogP contribution is -2.50. The van der Waals surface area contributed by atoms with Gasteiger partial charge in [0.15, 0.2) is 0 Å². The van der Waals surface area contributed by atoms with Crippen molar-refractivity contribution in [3.05, 3.63) is 23.9 Å². The molecule has 1 aliphatic carbocycles. The lowest BCUT2D eigenvalue weighted by molar-refractivity contribution is 0.0438. The maximum atomic E-state index is 12.8. The van der Waals surface area contributed by atoms with Crippen molar-refractivity contribution in [1.29, 1.82) is 0 Å². The first-order valence-electron chi connectivity index (χ1n) is 9.71. The van der Waals surface area contributed by atoms with Crippen LogP contribution in [0.4, 0.5) is 0 Å². The molecule has 0 spiro atoms. The Morgan fingerprint density at radius 3 is 2.77 bits per heavy atom. The molecule has 0 aromatic carbocycles. The normalized spacial score (nSPS) is 33.6. The lowest BCUT2D eigenvalue weighted by atomic mass is 9.90. The van der Waals surface area contributed by atoms with Crippen molar-refractivity contribution in [3.8, 4) is 0 Å². The van der Waals surface area contributed by atoms with Crippen molar-refractivity contribution in [2.75, 3.05) is 13.1 Å². The highest BCUT2D eigenvalue weighted by atomic mass is 32.2. The lowest BCUT2D eigenvalue weighted by Gasteiger charge is -2.40. The van der Waals surface area contributed by atoms with Gasteiger partial charge in [0.1, 0.15) is 5.25 Å². The fraction of sp³-hybridized carbons (Fsp3) is 0.737. The van der Waals surface area contributed by atoms with Crippen LogP contribution >= 0.6 is 0 Å². The Bertz CT molecular complexity index is 676. The molecule has 2 N–H and O–H groups in total. The maximum Gasteiger partial charge on any atom is 0.218 e. The van der Waals surface area contributed by atoms with E-state index in [1.165, 1.54) is 6.42 Å². The van der Waals surface area contributed by atoms with Gasteiger partial charge in [0.2, 0.25) is 10.0 Å². The van der Waals surface area contributed by atoms with E-state index in [2.05, 4.69) is 28.5 Å². The number of rotatable bonds is 6. The highest BCUT2D eigenvalue weighted by Gasteiger charge is 2.36. The summed E-state index contributed by atoms with van der Waals surface area (Å²) in [6.45, 7) is 4.91. The topological polar surface area (TPSA) is 82.0 Å². The third kappa shape index (κ3) is 4.44. The van der Waals surface area contributed by atoms with E-state index in [9.17, 15) is 13.5 Å². The Balaban J connectivity index is 1.57. The van der Waals surface area contributed by atoms with Crippen LogP contribution in [0.2, 0.25) is 0 Å². The van der Waals surface area contributed by atoms with Gasteiger partial charge in [-0.05, 0) is 45.6 Å². The number of fused-ring (bicyclic) bond motifs is 1. The standard InChI is InChI=1S/C19H31N3O3S/c1-14-6-3-7-15(2)22(14)13-16(23)12-21-26(24,25)19-10-4-9-18-17(19)8-5-11-20-18/h4,9-11,14-17,19,21,23H,3,5-8,12-13H2,1-2H3/t14-,15+,16-,17?,19?/m0/s1. The van der Waals surface area contributed by atoms with Gasteiger partial charge in [-0.3, -0.25) is 9.89 Å². The number of aliphatic hydroxyl groups is 1. The first-order valence-corrected chi connectivity index (χ1v) is 11.3. The van der Waals surface area contributed by atoms with Crippen LogP contribution in [0.25, 0.3) is 0 Å². The number of nitrogens with one attached hydrogen (secondary N) is 1. The Morgan fingerprint density at radius 2 is 2.04 bits per heavy atom. The van der Waals surface area contributed by atoms with Crippen molar-refractivity contribution >= 4 is 16.2 Å². The van der Waals surface area contributed by atoms with Crippen molar-refractivity contribution in [2.45, 2.75) is 69.4 Å². The van der Waals surface area contributed by atoms with Crippen LogP contribution in [0.3, 0.4) is 0 Å². The van der Waals surface area contributed by atoms with Crippen molar-refractivity contribution in [2.24, 2.45) is 10.9 Å². The molecule has 0 bridgehead atoms. The third-order valence-electron chi connectivity index (χ3n) is 5.87. The van der Waals surface area contributed by atoms with Gasteiger partial charge in [0, 0.05) is 43.0 Å². The second-order valence-electron chi connectivity index (χ2n) is 7.81. The fourth-order valence-electron chi connectivity index (χ4n) is 4.34. The first kappa shape index (κ1) is 19.7. The third-order valence-corrected chi connectivity index (χ3v) is 7.64. The number of aliphatic hydroxyl groups excluding tert-OH is 1. The number of allylic oxidation sites excluding steroid dienone is 3. The number of aliphatic imine (C=N–C) groups is 1. The van der Waals surface area contributed by atoms with Crippen molar-refractivity contribution < 1.29 is 13.5 Å². The summed E-state index contributed by atoms with van der Waals surface area (Å²) >= 11 is 0. The Labute approximate surface area is 157 Å². The van der Waals surface area contributed by atoms with Crippen LogP contribution in [0.5, 0.6) is 0 Å². The maximum absolute atomic E-state index is 12.8. The highest BCUT2D eigenvalue weighted by molar-refractivity contribution is 7.90. The first-order chi connectivity index (χ1) is 12.4. The molecule has 1 saturated heterocycles. The molecular formula is C19H31N3O3S. The summed E-state index contributed by atoms with van der Waals surface area (Å²) in [5, 5.41) is 9.80. The Kier molecular flexibility index (Phi) is 6.33. The number of hydrogen-bond acceptors (Lipinski definition) is 5. The summed E-state index contributed by atoms with van der Waals surface area (Å²) in [6, 6.07) is 0.859. The molecule has 3 aliphatic rings. The van der Waals surface area contributed by atoms with Crippen molar-refractivity contribution in [1.82, 2.24) is 9.62 Å². The Hall–Kier alpha value is -1.02. The van der Waals surface area contributed by atoms with E-state index in [0.717, 1.165) is 31.4 Å². The predicted octanol–water partition coefficient (Wildman–Crippen LogP) is 1.83. The summed E-state index contributed by atoms with van der Waals surface area (Å²) in [7, 11) is -3.55. The zero-order chi connectivity index (χ0) is 18.7. The van der Waals surface area contributed by atoms with Gasteiger partial charge in [-0.15, -0.1) is 0 Å². The molecule has 0 amide bonds. The zero-order valence-electron chi connectivity index (χ0n) is 15.7. The van der Waals surface area contributed by atoms with Gasteiger partial charge >= 0.3 is 0 Å². The second-order valence-corrected chi connectivity index (χ2v) is 9.73. The van der Waals surface area contributed by atoms with Crippen LogP contribution in [0.1, 0.15) is 46.0 Å². The van der Waals surface area contributed by atoms with Gasteiger partial charge in [0.25, 0.3) is 0 Å². The molecule has 0 aromatic heterocycles. The molecule has 0 aromatic rings. The molecule has 5 atom stereocenters. The summed E-state index contributed by atoms with van der Waals surface area (Å²) < 4.78 is 28.2. The Morgan fingerprint density at radius 1 is 1.31 bits per heavy atom. The fourth-order valence-corrected chi connectivity index (χ4v) is 5.96. The SMILES string of the molecule is C[C@@H]1CCC[C@H](C)N1C[C@@H](O)CNS(=O)(=O)C1C=CC=C2N=CCCC21. The van der Waals surface area contributed by atoms with Crippen LogP contribution in [0.15, 0.2) is 28.9 Å². The quantitative estimate of drug-likeness (QED) is 0.735. The van der Waals surface area contributed by atoms with Crippen molar-refractivity contribution in [3.63, 3.8) is 0 Å². The average molecular weight is 382 g/mol. The number of hydrogen-bond donors (Lipinski definition) is 2. The van der Waals surface area contributed by atoms with Gasteiger partial charge in [-0.1, -0.05) is 18.6 Å². The van der Waals surface area contributed by atoms with Gasteiger partial charge in [-0.25, -0.2) is 13.1 Å². The minimum absolute atomic E-state index is 0.0532. The number of likely N-dealkylation sites (tertiary alicyclic amines) is 1. The molecule has 26 heavy (non-hydrogen) atoms. The van der Waals surface area contributed by atoms with Gasteiger partial charge in [-0.2, -0.15) is 0 Å². The van der Waals surface area contributed by atoms with Gasteiger partial charge < -0.3 is 5.11 Å². The van der Waals surface area contributed by atoms with Gasteiger partial charge in [0.05, 0.1) is 6.10 Å². The van der Waals surface area contributed by atoms with Crippen LogP contribution in [-0.4, -0.2) is 61.2 Å². The molecule has 146 valence electrons. The molecule has 0 saturated carbocycles. The van der Waals surface area contributed by atoms with E-state index in [1.54, 1.807) is 12.2 Å². The summed E-state index contributed by atoms with van der Waals surface area (Å²) in [6.07, 6.45) is 11.6. The largest absolute Gasteiger partial charge is 0.390 e.